The Morgan fingerprint density at radius 3 is 1.32 bits per heavy atom. The van der Waals surface area contributed by atoms with Crippen LogP contribution in [-0.4, -0.2) is 142 Å². The predicted octanol–water partition coefficient (Wildman–Crippen LogP) is 9.49. The molecule has 0 radical (unpaired) electrons. The number of rotatable bonds is 43. The van der Waals surface area contributed by atoms with Crippen LogP contribution in [0.15, 0.2) is 109 Å². The van der Waals surface area contributed by atoms with Gasteiger partial charge in [0, 0.05) is 12.8 Å². The molecule has 0 spiro atoms. The maximum Gasteiger partial charge on any atom is 0.306 e. The summed E-state index contributed by atoms with van der Waals surface area (Å²) in [7, 11) is 0. The Morgan fingerprint density at radius 1 is 0.421 bits per heavy atom. The quantitative estimate of drug-likeness (QED) is 0.0171. The van der Waals surface area contributed by atoms with Crippen LogP contribution in [0.2, 0.25) is 0 Å². The first kappa shape index (κ1) is 68.3. The number of unbranched alkanes of at least 4 members (excludes halogenated alkanes) is 11. The summed E-state index contributed by atoms with van der Waals surface area (Å²) in [6.45, 7) is 2.41. The van der Waals surface area contributed by atoms with Gasteiger partial charge in [0.05, 0.1) is 19.8 Å². The number of hydrogen-bond donors (Lipinski definition) is 7. The summed E-state index contributed by atoms with van der Waals surface area (Å²) in [5, 5.41) is 72.2. The number of aliphatic hydroxyl groups excluding tert-OH is 7. The number of ether oxygens (including phenoxy) is 6. The van der Waals surface area contributed by atoms with Crippen molar-refractivity contribution in [3.63, 3.8) is 0 Å². The van der Waals surface area contributed by atoms with E-state index < -0.39 is 99.3 Å². The minimum Gasteiger partial charge on any atom is -0.462 e. The Kier molecular flexibility index (Phi) is 41.4. The summed E-state index contributed by atoms with van der Waals surface area (Å²) >= 11 is 0. The van der Waals surface area contributed by atoms with Crippen LogP contribution in [-0.2, 0) is 38.0 Å². The van der Waals surface area contributed by atoms with E-state index in [0.717, 1.165) is 51.4 Å². The molecule has 2 fully saturated rings. The van der Waals surface area contributed by atoms with Gasteiger partial charge < -0.3 is 64.2 Å². The highest BCUT2D eigenvalue weighted by Gasteiger charge is 2.47. The molecule has 0 saturated carbocycles. The van der Waals surface area contributed by atoms with E-state index in [-0.39, 0.29) is 19.4 Å². The molecule has 2 aliphatic rings. The van der Waals surface area contributed by atoms with Gasteiger partial charge in [-0.2, -0.15) is 0 Å². The minimum absolute atomic E-state index is 0.0235. The Labute approximate surface area is 455 Å². The lowest BCUT2D eigenvalue weighted by atomic mass is 9.98. The van der Waals surface area contributed by atoms with Gasteiger partial charge in [0.15, 0.2) is 18.7 Å². The number of carbonyl (C=O) groups excluding carboxylic acids is 2. The summed E-state index contributed by atoms with van der Waals surface area (Å²) in [4.78, 5) is 25.8. The first-order chi connectivity index (χ1) is 37.0. The molecule has 432 valence electrons. The van der Waals surface area contributed by atoms with Gasteiger partial charge in [-0.05, 0) is 89.9 Å². The standard InChI is InChI=1S/C61H98O15/c1-3-5-7-9-11-13-15-17-19-21-23-24-26-27-29-31-33-35-37-39-41-43-52(63)71-46-49(74-53(64)44-42-40-38-36-34-32-30-28-25-22-20-18-16-14-12-10-8-6-4-2)47-72-60-59(70)57(68)55(66)51(76-60)48-73-61-58(69)56(67)54(65)50(45-62)75-61/h12,14,18-21,24-26,28-29,31-32,34-35,37-38,40,49-51,54-62,65-70H,3-11,13,15-17,22-23,27,30,33,36,39,41-48H2,1-2H3/b14-12+,20-18+,21-19+,26-24+,28-25+,31-29+,34-32+,37-35+,40-38+/t49-,50+,51+,54-,55-,56?,57?,58?,59?,60+,61+/m0/s1. The highest BCUT2D eigenvalue weighted by molar-refractivity contribution is 5.70. The molecule has 0 aromatic heterocycles. The molecule has 2 saturated heterocycles. The van der Waals surface area contributed by atoms with Gasteiger partial charge in [-0.25, -0.2) is 0 Å². The lowest BCUT2D eigenvalue weighted by Crippen LogP contribution is -2.61. The molecular weight excluding hydrogens is 973 g/mol. The zero-order chi connectivity index (χ0) is 55.3. The lowest BCUT2D eigenvalue weighted by molar-refractivity contribution is -0.332. The van der Waals surface area contributed by atoms with Gasteiger partial charge in [0.25, 0.3) is 0 Å². The molecule has 76 heavy (non-hydrogen) atoms. The fourth-order valence-corrected chi connectivity index (χ4v) is 8.07. The number of aliphatic hydroxyl groups is 7. The molecule has 0 aliphatic carbocycles. The number of carbonyl (C=O) groups is 2. The monoisotopic (exact) mass is 1070 g/mol. The smallest absolute Gasteiger partial charge is 0.306 e. The third-order valence-corrected chi connectivity index (χ3v) is 12.7. The van der Waals surface area contributed by atoms with Gasteiger partial charge in [-0.1, -0.05) is 175 Å². The minimum atomic E-state index is -1.79. The van der Waals surface area contributed by atoms with Crippen LogP contribution >= 0.6 is 0 Å². The highest BCUT2D eigenvalue weighted by atomic mass is 16.7. The number of allylic oxidation sites excluding steroid dienone is 18. The van der Waals surface area contributed by atoms with Gasteiger partial charge >= 0.3 is 11.9 Å². The third kappa shape index (κ3) is 32.8. The zero-order valence-corrected chi connectivity index (χ0v) is 45.9. The molecule has 7 N–H and O–H groups in total. The molecule has 15 heteroatoms. The molecule has 2 rings (SSSR count). The Morgan fingerprint density at radius 2 is 0.816 bits per heavy atom. The Balaban J connectivity index is 1.84. The fourth-order valence-electron chi connectivity index (χ4n) is 8.07. The highest BCUT2D eigenvalue weighted by Crippen LogP contribution is 2.26. The molecule has 2 aliphatic heterocycles. The van der Waals surface area contributed by atoms with Crippen LogP contribution in [0, 0.1) is 0 Å². The maximum absolute atomic E-state index is 13.0. The zero-order valence-electron chi connectivity index (χ0n) is 45.9. The van der Waals surface area contributed by atoms with E-state index in [0.29, 0.717) is 25.7 Å². The van der Waals surface area contributed by atoms with E-state index >= 15 is 0 Å². The van der Waals surface area contributed by atoms with Crippen molar-refractivity contribution in [2.24, 2.45) is 0 Å². The topological polar surface area (TPSA) is 231 Å². The fraction of sp³-hybridized carbons (Fsp3) is 0.672. The van der Waals surface area contributed by atoms with E-state index in [9.17, 15) is 45.3 Å². The van der Waals surface area contributed by atoms with Gasteiger partial charge in [0.2, 0.25) is 0 Å². The van der Waals surface area contributed by atoms with Gasteiger partial charge in [0.1, 0.15) is 55.4 Å². The van der Waals surface area contributed by atoms with Crippen molar-refractivity contribution >= 4 is 11.9 Å². The van der Waals surface area contributed by atoms with Crippen LogP contribution < -0.4 is 0 Å². The first-order valence-electron chi connectivity index (χ1n) is 28.5. The summed E-state index contributed by atoms with van der Waals surface area (Å²) in [5.74, 6) is -1.10. The molecule has 0 bridgehead atoms. The second-order valence-electron chi connectivity index (χ2n) is 19.4. The van der Waals surface area contributed by atoms with Gasteiger partial charge in [-0.15, -0.1) is 0 Å². The van der Waals surface area contributed by atoms with E-state index in [1.54, 1.807) is 0 Å². The summed E-state index contributed by atoms with van der Waals surface area (Å²) in [6.07, 6.45) is 44.2. The van der Waals surface area contributed by atoms with Crippen molar-refractivity contribution in [1.29, 1.82) is 0 Å². The molecule has 2 heterocycles. The second-order valence-corrected chi connectivity index (χ2v) is 19.4. The van der Waals surface area contributed by atoms with Crippen molar-refractivity contribution in [3.05, 3.63) is 109 Å². The van der Waals surface area contributed by atoms with Crippen molar-refractivity contribution in [1.82, 2.24) is 0 Å². The van der Waals surface area contributed by atoms with E-state index in [1.807, 2.05) is 18.2 Å². The average molecular weight is 1070 g/mol. The third-order valence-electron chi connectivity index (χ3n) is 12.7. The molecule has 0 aromatic carbocycles. The summed E-state index contributed by atoms with van der Waals surface area (Å²) in [6, 6.07) is 0. The lowest BCUT2D eigenvalue weighted by Gasteiger charge is -2.42. The van der Waals surface area contributed by atoms with Crippen LogP contribution in [0.1, 0.15) is 168 Å². The first-order valence-corrected chi connectivity index (χ1v) is 28.5. The van der Waals surface area contributed by atoms with Crippen LogP contribution in [0.4, 0.5) is 0 Å². The predicted molar refractivity (Wildman–Crippen MR) is 298 cm³/mol. The van der Waals surface area contributed by atoms with Crippen LogP contribution in [0.25, 0.3) is 0 Å². The van der Waals surface area contributed by atoms with Gasteiger partial charge in [-0.3, -0.25) is 9.59 Å². The van der Waals surface area contributed by atoms with Crippen molar-refractivity contribution < 1.29 is 73.8 Å². The summed E-state index contributed by atoms with van der Waals surface area (Å²) in [5.41, 5.74) is 0. The molecular formula is C61H98O15. The largest absolute Gasteiger partial charge is 0.462 e. The average Bonchev–Trinajstić information content (AvgIpc) is 3.41. The Bertz CT molecular complexity index is 1730. The molecule has 11 atom stereocenters. The van der Waals surface area contributed by atoms with E-state index in [1.165, 1.54) is 64.2 Å². The molecule has 0 amide bonds. The summed E-state index contributed by atoms with van der Waals surface area (Å²) < 4.78 is 33.5. The molecule has 15 nitrogen and oxygen atoms in total. The number of esters is 2. The maximum atomic E-state index is 13.0. The normalized spacial score (nSPS) is 25.2. The molecule has 0 aromatic rings. The second kappa shape index (κ2) is 46.1. The van der Waals surface area contributed by atoms with Crippen LogP contribution in [0.5, 0.6) is 0 Å². The Hall–Kier alpha value is -3.84. The van der Waals surface area contributed by atoms with Crippen molar-refractivity contribution in [2.45, 2.75) is 235 Å². The van der Waals surface area contributed by atoms with E-state index in [4.69, 9.17) is 28.4 Å². The van der Waals surface area contributed by atoms with Crippen LogP contribution in [0.3, 0.4) is 0 Å². The van der Waals surface area contributed by atoms with Crippen molar-refractivity contribution in [2.75, 3.05) is 26.4 Å². The molecule has 4 unspecified atom stereocenters. The van der Waals surface area contributed by atoms with E-state index in [2.05, 4.69) is 105 Å². The van der Waals surface area contributed by atoms with Crippen molar-refractivity contribution in [3.8, 4) is 0 Å². The SMILES string of the molecule is CCCCC/C=C/C/C=C/C/C=C/C/C=C/C/C=C/CCC(=O)O[C@@H](COC(=O)CCC/C=C/C/C=C/C/C=C/C/C=C/CCCCCCCCC)CO[C@@H]1O[C@H](CO[C@@H]2O[C@H](CO)[C@H](O)C(O)C2O)[C@H](O)C(O)C1O. The number of hydrogen-bond acceptors (Lipinski definition) is 15.